The molecule has 0 bridgehead atoms. The Balaban J connectivity index is 2.41. The van der Waals surface area contributed by atoms with Gasteiger partial charge in [-0.25, -0.2) is 0 Å². The molecule has 0 saturated carbocycles. The van der Waals surface area contributed by atoms with Gasteiger partial charge in [-0.05, 0) is 30.3 Å². The van der Waals surface area contributed by atoms with Gasteiger partial charge >= 0.3 is 0 Å². The first-order chi connectivity index (χ1) is 7.24. The van der Waals surface area contributed by atoms with Crippen LogP contribution < -0.4 is 5.32 Å². The van der Waals surface area contributed by atoms with Crippen molar-refractivity contribution in [3.63, 3.8) is 0 Å². The van der Waals surface area contributed by atoms with Gasteiger partial charge in [-0.15, -0.1) is 0 Å². The molecule has 1 aromatic heterocycles. The van der Waals surface area contributed by atoms with Gasteiger partial charge < -0.3 is 10.2 Å². The fraction of sp³-hybridized carbons (Fsp3) is 0.455. The fourth-order valence-corrected chi connectivity index (χ4v) is 1.37. The summed E-state index contributed by atoms with van der Waals surface area (Å²) in [5.74, 6) is 0. The molecular weight excluding hydrogens is 206 g/mol. The molecule has 0 amide bonds. The number of aromatic nitrogens is 1. The summed E-state index contributed by atoms with van der Waals surface area (Å²) in [6, 6.07) is 3.98. The average Bonchev–Trinajstić information content (AvgIpc) is 2.27. The summed E-state index contributed by atoms with van der Waals surface area (Å²) in [6.07, 6.45) is 4.72. The average molecular weight is 223 g/mol. The lowest BCUT2D eigenvalue weighted by atomic mass is 10.3. The highest BCUT2D eigenvalue weighted by atomic mass is 32.1. The van der Waals surface area contributed by atoms with E-state index in [1.807, 2.05) is 30.3 Å². The molecule has 0 aliphatic rings. The second-order valence-corrected chi connectivity index (χ2v) is 3.84. The molecule has 0 unspecified atom stereocenters. The van der Waals surface area contributed by atoms with E-state index in [9.17, 15) is 0 Å². The van der Waals surface area contributed by atoms with Crippen LogP contribution in [0.2, 0.25) is 0 Å². The molecule has 0 spiro atoms. The van der Waals surface area contributed by atoms with Crippen molar-refractivity contribution in [2.75, 3.05) is 13.6 Å². The highest BCUT2D eigenvalue weighted by Crippen LogP contribution is 2.00. The van der Waals surface area contributed by atoms with Crippen LogP contribution in [-0.4, -0.2) is 28.6 Å². The minimum Gasteiger partial charge on any atom is -0.363 e. The van der Waals surface area contributed by atoms with Crippen LogP contribution in [-0.2, 0) is 6.54 Å². The Morgan fingerprint density at radius 3 is 3.00 bits per heavy atom. The van der Waals surface area contributed by atoms with E-state index in [1.165, 1.54) is 5.56 Å². The molecule has 15 heavy (non-hydrogen) atoms. The van der Waals surface area contributed by atoms with Crippen LogP contribution in [0.25, 0.3) is 0 Å². The van der Waals surface area contributed by atoms with Gasteiger partial charge in [0.25, 0.3) is 0 Å². The zero-order valence-electron chi connectivity index (χ0n) is 9.23. The van der Waals surface area contributed by atoms with E-state index in [0.717, 1.165) is 24.6 Å². The minimum absolute atomic E-state index is 0.792. The Hall–Kier alpha value is -1.16. The number of nitrogens with zero attached hydrogens (tertiary/aromatic N) is 2. The summed E-state index contributed by atoms with van der Waals surface area (Å²) in [5.41, 5.74) is 1.17. The first kappa shape index (κ1) is 11.9. The maximum absolute atomic E-state index is 5.24. The smallest absolute Gasteiger partial charge is 0.168 e. The molecule has 1 aromatic rings. The lowest BCUT2D eigenvalue weighted by Gasteiger charge is -2.20. The third kappa shape index (κ3) is 4.25. The van der Waals surface area contributed by atoms with E-state index in [-0.39, 0.29) is 0 Å². The van der Waals surface area contributed by atoms with Crippen molar-refractivity contribution in [2.24, 2.45) is 0 Å². The molecule has 3 nitrogen and oxygen atoms in total. The van der Waals surface area contributed by atoms with Gasteiger partial charge in [0, 0.05) is 32.5 Å². The van der Waals surface area contributed by atoms with Crippen LogP contribution in [0.3, 0.4) is 0 Å². The second kappa shape index (κ2) is 6.35. The minimum atomic E-state index is 0.792. The van der Waals surface area contributed by atoms with Crippen LogP contribution in [0.15, 0.2) is 24.5 Å². The van der Waals surface area contributed by atoms with Crippen molar-refractivity contribution in [2.45, 2.75) is 19.9 Å². The summed E-state index contributed by atoms with van der Waals surface area (Å²) >= 11 is 5.24. The lowest BCUT2D eigenvalue weighted by Crippen LogP contribution is -2.36. The Kier molecular flexibility index (Phi) is 5.04. The normalized spacial score (nSPS) is 9.73. The monoisotopic (exact) mass is 223 g/mol. The van der Waals surface area contributed by atoms with Gasteiger partial charge in [-0.3, -0.25) is 4.98 Å². The molecule has 0 radical (unpaired) electrons. The van der Waals surface area contributed by atoms with Gasteiger partial charge in [0.1, 0.15) is 0 Å². The number of nitrogens with one attached hydrogen (secondary N) is 1. The predicted octanol–water partition coefficient (Wildman–Crippen LogP) is 1.80. The van der Waals surface area contributed by atoms with Crippen LogP contribution in [0, 0.1) is 0 Å². The highest BCUT2D eigenvalue weighted by Gasteiger charge is 2.03. The first-order valence-electron chi connectivity index (χ1n) is 5.12. The standard InChI is InChI=1S/C11H17N3S/c1-3-6-13-11(15)14(2)9-10-5-4-7-12-8-10/h4-5,7-8H,3,6,9H2,1-2H3,(H,13,15). The van der Waals surface area contributed by atoms with E-state index in [0.29, 0.717) is 0 Å². The van der Waals surface area contributed by atoms with E-state index in [4.69, 9.17) is 12.2 Å². The molecule has 0 aromatic carbocycles. The van der Waals surface area contributed by atoms with E-state index in [1.54, 1.807) is 6.20 Å². The lowest BCUT2D eigenvalue weighted by molar-refractivity contribution is 0.488. The molecular formula is C11H17N3S. The molecule has 1 heterocycles. The molecule has 1 N–H and O–H groups in total. The zero-order chi connectivity index (χ0) is 11.1. The quantitative estimate of drug-likeness (QED) is 0.788. The summed E-state index contributed by atoms with van der Waals surface area (Å²) in [7, 11) is 1.98. The summed E-state index contributed by atoms with van der Waals surface area (Å²) in [6.45, 7) is 3.84. The van der Waals surface area contributed by atoms with Gasteiger partial charge in [0.15, 0.2) is 5.11 Å². The number of rotatable bonds is 4. The third-order valence-electron chi connectivity index (χ3n) is 2.02. The van der Waals surface area contributed by atoms with Crippen LogP contribution >= 0.6 is 12.2 Å². The van der Waals surface area contributed by atoms with Crippen molar-refractivity contribution in [3.05, 3.63) is 30.1 Å². The zero-order valence-corrected chi connectivity index (χ0v) is 10.0. The van der Waals surface area contributed by atoms with Crippen molar-refractivity contribution in [1.29, 1.82) is 0 Å². The van der Waals surface area contributed by atoms with Crippen molar-refractivity contribution < 1.29 is 0 Å². The van der Waals surface area contributed by atoms with E-state index >= 15 is 0 Å². The van der Waals surface area contributed by atoms with Crippen molar-refractivity contribution in [3.8, 4) is 0 Å². The van der Waals surface area contributed by atoms with Crippen LogP contribution in [0.5, 0.6) is 0 Å². The largest absolute Gasteiger partial charge is 0.363 e. The van der Waals surface area contributed by atoms with E-state index < -0.39 is 0 Å². The second-order valence-electron chi connectivity index (χ2n) is 3.45. The third-order valence-corrected chi connectivity index (χ3v) is 2.47. The van der Waals surface area contributed by atoms with Gasteiger partial charge in [0.2, 0.25) is 0 Å². The number of thiocarbonyl (C=S) groups is 1. The highest BCUT2D eigenvalue weighted by molar-refractivity contribution is 7.80. The molecule has 0 fully saturated rings. The molecule has 0 aliphatic carbocycles. The van der Waals surface area contributed by atoms with Crippen molar-refractivity contribution >= 4 is 17.3 Å². The Morgan fingerprint density at radius 1 is 1.60 bits per heavy atom. The number of pyridine rings is 1. The first-order valence-corrected chi connectivity index (χ1v) is 5.52. The Labute approximate surface area is 96.5 Å². The van der Waals surface area contributed by atoms with E-state index in [2.05, 4.69) is 17.2 Å². The molecule has 4 heteroatoms. The molecule has 0 saturated heterocycles. The Morgan fingerprint density at radius 2 is 2.40 bits per heavy atom. The number of hydrogen-bond acceptors (Lipinski definition) is 2. The molecule has 0 aliphatic heterocycles. The summed E-state index contributed by atoms with van der Waals surface area (Å²) in [5, 5.41) is 3.98. The maximum atomic E-state index is 5.24. The van der Waals surface area contributed by atoms with Gasteiger partial charge in [-0.1, -0.05) is 13.0 Å². The fourth-order valence-electron chi connectivity index (χ4n) is 1.20. The topological polar surface area (TPSA) is 28.2 Å². The summed E-state index contributed by atoms with van der Waals surface area (Å²) < 4.78 is 0. The number of hydrogen-bond donors (Lipinski definition) is 1. The van der Waals surface area contributed by atoms with Gasteiger partial charge in [-0.2, -0.15) is 0 Å². The molecule has 0 atom stereocenters. The van der Waals surface area contributed by atoms with Crippen molar-refractivity contribution in [1.82, 2.24) is 15.2 Å². The van der Waals surface area contributed by atoms with Gasteiger partial charge in [0.05, 0.1) is 0 Å². The molecule has 82 valence electrons. The SMILES string of the molecule is CCCNC(=S)N(C)Cc1cccnc1. The van der Waals surface area contributed by atoms with Crippen LogP contribution in [0.4, 0.5) is 0 Å². The maximum Gasteiger partial charge on any atom is 0.168 e. The molecule has 1 rings (SSSR count). The Bertz CT molecular complexity index is 300. The van der Waals surface area contributed by atoms with Crippen LogP contribution in [0.1, 0.15) is 18.9 Å². The summed E-state index contributed by atoms with van der Waals surface area (Å²) in [4.78, 5) is 6.08. The predicted molar refractivity (Wildman–Crippen MR) is 66.6 cm³/mol.